The molecule has 4 atom stereocenters. The van der Waals surface area contributed by atoms with Gasteiger partial charge in [0.25, 0.3) is 0 Å². The fraction of sp³-hybridized carbons (Fsp3) is 0.381. The fourth-order valence-electron chi connectivity index (χ4n) is 4.42. The molecule has 0 saturated heterocycles. The van der Waals surface area contributed by atoms with Crippen molar-refractivity contribution >= 4 is 28.6 Å². The number of nitrogens with zero attached hydrogens (tertiary/aromatic N) is 2. The fourth-order valence-corrected chi connectivity index (χ4v) is 4.42. The number of hydrogen-bond donors (Lipinski definition) is 2. The summed E-state index contributed by atoms with van der Waals surface area (Å²) in [5, 5.41) is 13.5. The first-order chi connectivity index (χ1) is 13.0. The topological polar surface area (TPSA) is 82.5 Å². The Kier molecular flexibility index (Phi) is 4.34. The van der Waals surface area contributed by atoms with Crippen LogP contribution in [0.2, 0.25) is 0 Å². The number of carboxylic acid groups (broad SMARTS) is 1. The number of rotatable bonds is 5. The molecule has 27 heavy (non-hydrogen) atoms. The van der Waals surface area contributed by atoms with E-state index in [1.807, 2.05) is 61.5 Å². The zero-order chi connectivity index (χ0) is 19.1. The van der Waals surface area contributed by atoms with Gasteiger partial charge in [-0.1, -0.05) is 30.4 Å². The predicted molar refractivity (Wildman–Crippen MR) is 103 cm³/mol. The van der Waals surface area contributed by atoms with E-state index in [-0.39, 0.29) is 17.7 Å². The summed E-state index contributed by atoms with van der Waals surface area (Å²) in [5.41, 5.74) is 1.85. The lowest BCUT2D eigenvalue weighted by atomic mass is 9.82. The SMILES string of the molecule is CN(C)c1cc(CNC(=O)C2C3C=CC(C3)C2C(=O)O)c2ccccc2n1. The molecule has 1 fully saturated rings. The Balaban J connectivity index is 1.57. The van der Waals surface area contributed by atoms with Crippen LogP contribution >= 0.6 is 0 Å². The van der Waals surface area contributed by atoms with Crippen molar-refractivity contribution in [2.24, 2.45) is 23.7 Å². The standard InChI is InChI=1S/C21H23N3O3/c1-24(2)17-10-14(15-5-3-4-6-16(15)23-17)11-22-20(25)18-12-7-8-13(9-12)19(18)21(26)27/h3-8,10,12-13,18-19H,9,11H2,1-2H3,(H,22,25)(H,26,27). The molecule has 4 unspecified atom stereocenters. The number of pyridine rings is 1. The minimum Gasteiger partial charge on any atom is -0.481 e. The molecule has 4 rings (SSSR count). The number of anilines is 1. The minimum absolute atomic E-state index is 0.0228. The average molecular weight is 365 g/mol. The van der Waals surface area contributed by atoms with Gasteiger partial charge in [0.2, 0.25) is 5.91 Å². The van der Waals surface area contributed by atoms with Crippen molar-refractivity contribution in [1.82, 2.24) is 10.3 Å². The number of aromatic nitrogens is 1. The number of allylic oxidation sites excluding steroid dienone is 2. The third kappa shape index (κ3) is 3.05. The molecule has 140 valence electrons. The van der Waals surface area contributed by atoms with Crippen LogP contribution in [0.3, 0.4) is 0 Å². The first-order valence-electron chi connectivity index (χ1n) is 9.20. The molecule has 1 saturated carbocycles. The van der Waals surface area contributed by atoms with Crippen molar-refractivity contribution in [3.8, 4) is 0 Å². The molecule has 1 aromatic carbocycles. The summed E-state index contributed by atoms with van der Waals surface area (Å²) in [4.78, 5) is 31.1. The van der Waals surface area contributed by atoms with Crippen molar-refractivity contribution in [2.45, 2.75) is 13.0 Å². The van der Waals surface area contributed by atoms with Crippen LogP contribution in [-0.2, 0) is 16.1 Å². The van der Waals surface area contributed by atoms with Gasteiger partial charge in [0.15, 0.2) is 0 Å². The average Bonchev–Trinajstić information content (AvgIpc) is 3.27. The Labute approximate surface area is 157 Å². The summed E-state index contributed by atoms with van der Waals surface area (Å²) < 4.78 is 0. The van der Waals surface area contributed by atoms with E-state index in [2.05, 4.69) is 10.3 Å². The Morgan fingerprint density at radius 2 is 1.89 bits per heavy atom. The van der Waals surface area contributed by atoms with Crippen LogP contribution in [-0.4, -0.2) is 36.1 Å². The van der Waals surface area contributed by atoms with Crippen LogP contribution in [0.1, 0.15) is 12.0 Å². The second-order valence-corrected chi connectivity index (χ2v) is 7.61. The maximum Gasteiger partial charge on any atom is 0.307 e. The summed E-state index contributed by atoms with van der Waals surface area (Å²) in [6.07, 6.45) is 4.71. The van der Waals surface area contributed by atoms with E-state index >= 15 is 0 Å². The predicted octanol–water partition coefficient (Wildman–Crippen LogP) is 2.44. The summed E-state index contributed by atoms with van der Waals surface area (Å²) >= 11 is 0. The van der Waals surface area contributed by atoms with Crippen molar-refractivity contribution < 1.29 is 14.7 Å². The van der Waals surface area contributed by atoms with Crippen molar-refractivity contribution in [2.75, 3.05) is 19.0 Å². The molecule has 2 N–H and O–H groups in total. The molecule has 0 spiro atoms. The van der Waals surface area contributed by atoms with Crippen molar-refractivity contribution in [3.63, 3.8) is 0 Å². The van der Waals surface area contributed by atoms with Gasteiger partial charge in [0.05, 0.1) is 17.4 Å². The summed E-state index contributed by atoms with van der Waals surface area (Å²) in [6, 6.07) is 9.80. The van der Waals surface area contributed by atoms with Gasteiger partial charge < -0.3 is 15.3 Å². The molecule has 1 aromatic heterocycles. The lowest BCUT2D eigenvalue weighted by molar-refractivity contribution is -0.147. The number of hydrogen-bond acceptors (Lipinski definition) is 4. The highest BCUT2D eigenvalue weighted by molar-refractivity contribution is 5.88. The van der Waals surface area contributed by atoms with Gasteiger partial charge in [-0.05, 0) is 36.0 Å². The van der Waals surface area contributed by atoms with Gasteiger partial charge in [0, 0.05) is 26.0 Å². The number of para-hydroxylation sites is 1. The van der Waals surface area contributed by atoms with E-state index < -0.39 is 17.8 Å². The lowest BCUT2D eigenvalue weighted by Gasteiger charge is -2.24. The molecule has 1 heterocycles. The van der Waals surface area contributed by atoms with Crippen LogP contribution in [0.4, 0.5) is 5.82 Å². The highest BCUT2D eigenvalue weighted by Crippen LogP contribution is 2.48. The molecule has 6 heteroatoms. The van der Waals surface area contributed by atoms with Gasteiger partial charge >= 0.3 is 5.97 Å². The molecule has 2 aliphatic carbocycles. The summed E-state index contributed by atoms with van der Waals surface area (Å²) in [7, 11) is 3.86. The van der Waals surface area contributed by atoms with Gasteiger partial charge in [-0.3, -0.25) is 9.59 Å². The maximum absolute atomic E-state index is 12.8. The Morgan fingerprint density at radius 3 is 2.59 bits per heavy atom. The van der Waals surface area contributed by atoms with Crippen LogP contribution in [0.5, 0.6) is 0 Å². The quantitative estimate of drug-likeness (QED) is 0.796. The van der Waals surface area contributed by atoms with Gasteiger partial charge in [-0.25, -0.2) is 4.98 Å². The van der Waals surface area contributed by atoms with Crippen molar-refractivity contribution in [1.29, 1.82) is 0 Å². The van der Waals surface area contributed by atoms with E-state index in [0.717, 1.165) is 28.7 Å². The maximum atomic E-state index is 12.8. The van der Waals surface area contributed by atoms with E-state index in [1.165, 1.54) is 0 Å². The smallest absolute Gasteiger partial charge is 0.307 e. The number of fused-ring (bicyclic) bond motifs is 3. The monoisotopic (exact) mass is 365 g/mol. The number of amides is 1. The third-order valence-electron chi connectivity index (χ3n) is 5.75. The molecule has 1 amide bonds. The van der Waals surface area contributed by atoms with E-state index in [9.17, 15) is 14.7 Å². The second-order valence-electron chi connectivity index (χ2n) is 7.61. The largest absolute Gasteiger partial charge is 0.481 e. The van der Waals surface area contributed by atoms with Crippen LogP contribution in [0, 0.1) is 23.7 Å². The van der Waals surface area contributed by atoms with Crippen LogP contribution in [0.25, 0.3) is 10.9 Å². The first kappa shape index (κ1) is 17.5. The lowest BCUT2D eigenvalue weighted by Crippen LogP contribution is -2.39. The molecule has 2 aromatic rings. The Morgan fingerprint density at radius 1 is 1.19 bits per heavy atom. The molecular weight excluding hydrogens is 342 g/mol. The molecule has 0 aliphatic heterocycles. The summed E-state index contributed by atoms with van der Waals surface area (Å²) in [6.45, 7) is 0.354. The van der Waals surface area contributed by atoms with Gasteiger partial charge in [0.1, 0.15) is 5.82 Å². The first-order valence-corrected chi connectivity index (χ1v) is 9.20. The number of carboxylic acids is 1. The van der Waals surface area contributed by atoms with E-state index in [1.54, 1.807) is 0 Å². The van der Waals surface area contributed by atoms with E-state index in [4.69, 9.17) is 0 Å². The molecular formula is C21H23N3O3. The molecule has 2 aliphatic rings. The van der Waals surface area contributed by atoms with Crippen LogP contribution < -0.4 is 10.2 Å². The van der Waals surface area contributed by atoms with Gasteiger partial charge in [-0.2, -0.15) is 0 Å². The molecule has 2 bridgehead atoms. The molecule has 0 radical (unpaired) electrons. The number of benzene rings is 1. The number of carbonyl (C=O) groups excluding carboxylic acids is 1. The van der Waals surface area contributed by atoms with Crippen molar-refractivity contribution in [3.05, 3.63) is 48.0 Å². The summed E-state index contributed by atoms with van der Waals surface area (Å²) in [5.74, 6) is -1.33. The Bertz CT molecular complexity index is 937. The second kappa shape index (κ2) is 6.68. The highest BCUT2D eigenvalue weighted by Gasteiger charge is 2.51. The number of carbonyl (C=O) groups is 2. The molecule has 6 nitrogen and oxygen atoms in total. The number of aliphatic carboxylic acids is 1. The zero-order valence-corrected chi connectivity index (χ0v) is 15.4. The normalized spacial score (nSPS) is 25.7. The third-order valence-corrected chi connectivity index (χ3v) is 5.75. The minimum atomic E-state index is -0.878. The van der Waals surface area contributed by atoms with Crippen LogP contribution in [0.15, 0.2) is 42.5 Å². The highest BCUT2D eigenvalue weighted by atomic mass is 16.4. The number of nitrogens with one attached hydrogen (secondary N) is 1. The zero-order valence-electron chi connectivity index (χ0n) is 15.4. The van der Waals surface area contributed by atoms with Gasteiger partial charge in [-0.15, -0.1) is 0 Å². The van der Waals surface area contributed by atoms with E-state index in [0.29, 0.717) is 6.54 Å². The Hall–Kier alpha value is -2.89.